The molecular formula is C19H22O. The zero-order chi connectivity index (χ0) is 14.4. The van der Waals surface area contributed by atoms with Gasteiger partial charge in [0, 0.05) is 10.8 Å². The second-order valence-electron chi connectivity index (χ2n) is 6.29. The molecule has 0 atom stereocenters. The highest BCUT2D eigenvalue weighted by atomic mass is 16.3. The predicted molar refractivity (Wildman–Crippen MR) is 86.6 cm³/mol. The maximum absolute atomic E-state index is 6.16. The molecular weight excluding hydrogens is 244 g/mol. The van der Waals surface area contributed by atoms with Gasteiger partial charge in [0.05, 0.1) is 0 Å². The lowest BCUT2D eigenvalue weighted by molar-refractivity contribution is 0.656. The van der Waals surface area contributed by atoms with Crippen molar-refractivity contribution in [2.75, 3.05) is 0 Å². The van der Waals surface area contributed by atoms with E-state index < -0.39 is 0 Å². The molecule has 0 fully saturated rings. The van der Waals surface area contributed by atoms with Crippen LogP contribution in [-0.2, 0) is 0 Å². The summed E-state index contributed by atoms with van der Waals surface area (Å²) < 4.78 is 6.16. The van der Waals surface area contributed by atoms with Gasteiger partial charge in [-0.3, -0.25) is 0 Å². The first kappa shape index (κ1) is 13.2. The zero-order valence-corrected chi connectivity index (χ0v) is 12.9. The maximum atomic E-state index is 6.16. The standard InChI is InChI=1S/C19H22O/c1-11(2)14-9-10-17-18(13(14)5)16-8-6-7-15(12(3)4)19(16)20-17/h6-12H,1-5H3. The van der Waals surface area contributed by atoms with Crippen molar-refractivity contribution in [2.45, 2.75) is 46.5 Å². The summed E-state index contributed by atoms with van der Waals surface area (Å²) in [5, 5.41) is 2.54. The molecule has 0 saturated heterocycles. The number of hydrogen-bond donors (Lipinski definition) is 0. The number of benzene rings is 2. The van der Waals surface area contributed by atoms with Crippen LogP contribution in [0.25, 0.3) is 21.9 Å². The first-order valence-electron chi connectivity index (χ1n) is 7.45. The van der Waals surface area contributed by atoms with E-state index in [-0.39, 0.29) is 0 Å². The largest absolute Gasteiger partial charge is 0.456 e. The fourth-order valence-corrected chi connectivity index (χ4v) is 3.18. The fraction of sp³-hybridized carbons (Fsp3) is 0.368. The van der Waals surface area contributed by atoms with Gasteiger partial charge in [0.25, 0.3) is 0 Å². The lowest BCUT2D eigenvalue weighted by Gasteiger charge is -2.10. The van der Waals surface area contributed by atoms with Crippen LogP contribution in [0.15, 0.2) is 34.7 Å². The normalized spacial score (nSPS) is 12.2. The van der Waals surface area contributed by atoms with E-state index in [9.17, 15) is 0 Å². The van der Waals surface area contributed by atoms with E-state index >= 15 is 0 Å². The molecule has 0 aliphatic rings. The Balaban J connectivity index is 2.44. The molecule has 1 nitrogen and oxygen atoms in total. The van der Waals surface area contributed by atoms with Gasteiger partial charge >= 0.3 is 0 Å². The van der Waals surface area contributed by atoms with Gasteiger partial charge in [-0.25, -0.2) is 0 Å². The van der Waals surface area contributed by atoms with Crippen molar-refractivity contribution in [3.8, 4) is 0 Å². The van der Waals surface area contributed by atoms with Crippen molar-refractivity contribution in [3.63, 3.8) is 0 Å². The lowest BCUT2D eigenvalue weighted by Crippen LogP contribution is -1.91. The second-order valence-corrected chi connectivity index (χ2v) is 6.29. The summed E-state index contributed by atoms with van der Waals surface area (Å²) in [5.74, 6) is 1.02. The van der Waals surface area contributed by atoms with Crippen molar-refractivity contribution in [3.05, 3.63) is 47.0 Å². The molecule has 1 aromatic heterocycles. The van der Waals surface area contributed by atoms with E-state index in [1.165, 1.54) is 27.5 Å². The summed E-state index contributed by atoms with van der Waals surface area (Å²) in [6, 6.07) is 10.8. The van der Waals surface area contributed by atoms with Gasteiger partial charge in [0.2, 0.25) is 0 Å². The molecule has 1 heteroatoms. The monoisotopic (exact) mass is 266 g/mol. The van der Waals surface area contributed by atoms with E-state index in [0.717, 1.165) is 11.2 Å². The van der Waals surface area contributed by atoms with Crippen LogP contribution in [0.3, 0.4) is 0 Å². The molecule has 104 valence electrons. The van der Waals surface area contributed by atoms with Crippen LogP contribution in [0.4, 0.5) is 0 Å². The minimum absolute atomic E-state index is 0.476. The molecule has 0 unspecified atom stereocenters. The van der Waals surface area contributed by atoms with E-state index in [2.05, 4.69) is 65.0 Å². The lowest BCUT2D eigenvalue weighted by atomic mass is 9.93. The molecule has 2 aromatic carbocycles. The van der Waals surface area contributed by atoms with E-state index in [4.69, 9.17) is 4.42 Å². The summed E-state index contributed by atoms with van der Waals surface area (Å²) in [6.45, 7) is 11.1. The van der Waals surface area contributed by atoms with Gasteiger partial charge in [0.1, 0.15) is 11.2 Å². The van der Waals surface area contributed by atoms with Gasteiger partial charge in [-0.1, -0.05) is 52.0 Å². The molecule has 1 heterocycles. The number of rotatable bonds is 2. The van der Waals surface area contributed by atoms with Crippen LogP contribution in [0, 0.1) is 6.92 Å². The number of hydrogen-bond acceptors (Lipinski definition) is 1. The molecule has 0 spiro atoms. The number of fused-ring (bicyclic) bond motifs is 3. The smallest absolute Gasteiger partial charge is 0.138 e. The molecule has 0 N–H and O–H groups in total. The van der Waals surface area contributed by atoms with Crippen LogP contribution in [-0.4, -0.2) is 0 Å². The molecule has 0 aliphatic heterocycles. The summed E-state index contributed by atoms with van der Waals surface area (Å²) >= 11 is 0. The summed E-state index contributed by atoms with van der Waals surface area (Å²) in [6.07, 6.45) is 0. The Hall–Kier alpha value is -1.76. The average Bonchev–Trinajstić information content (AvgIpc) is 2.77. The predicted octanol–water partition coefficient (Wildman–Crippen LogP) is 6.14. The van der Waals surface area contributed by atoms with Crippen LogP contribution in [0.1, 0.15) is 56.2 Å². The number of furan rings is 1. The van der Waals surface area contributed by atoms with Crippen molar-refractivity contribution < 1.29 is 4.42 Å². The maximum Gasteiger partial charge on any atom is 0.138 e. The third kappa shape index (κ3) is 1.84. The Bertz CT molecular complexity index is 775. The van der Waals surface area contributed by atoms with E-state index in [1.54, 1.807) is 0 Å². The minimum Gasteiger partial charge on any atom is -0.456 e. The molecule has 0 aliphatic carbocycles. The molecule has 0 radical (unpaired) electrons. The first-order valence-corrected chi connectivity index (χ1v) is 7.45. The average molecular weight is 266 g/mol. The second kappa shape index (κ2) is 4.66. The Morgan fingerprint density at radius 3 is 2.20 bits per heavy atom. The van der Waals surface area contributed by atoms with Crippen LogP contribution in [0.5, 0.6) is 0 Å². The quantitative estimate of drug-likeness (QED) is 0.543. The van der Waals surface area contributed by atoms with E-state index in [1.807, 2.05) is 0 Å². The SMILES string of the molecule is Cc1c(C(C)C)ccc2oc3c(C(C)C)cccc3c12. The van der Waals surface area contributed by atoms with Crippen molar-refractivity contribution in [1.82, 2.24) is 0 Å². The van der Waals surface area contributed by atoms with Gasteiger partial charge in [0.15, 0.2) is 0 Å². The molecule has 0 saturated carbocycles. The van der Waals surface area contributed by atoms with Gasteiger partial charge < -0.3 is 4.42 Å². The van der Waals surface area contributed by atoms with Crippen molar-refractivity contribution in [2.24, 2.45) is 0 Å². The summed E-state index contributed by atoms with van der Waals surface area (Å²) in [7, 11) is 0. The zero-order valence-electron chi connectivity index (χ0n) is 12.9. The highest BCUT2D eigenvalue weighted by Gasteiger charge is 2.16. The Labute approximate surface area is 120 Å². The summed E-state index contributed by atoms with van der Waals surface area (Å²) in [5.41, 5.74) is 6.13. The molecule has 20 heavy (non-hydrogen) atoms. The molecule has 3 rings (SSSR count). The highest BCUT2D eigenvalue weighted by molar-refractivity contribution is 6.08. The Morgan fingerprint density at radius 1 is 0.850 bits per heavy atom. The van der Waals surface area contributed by atoms with Gasteiger partial charge in [-0.05, 0) is 41.5 Å². The van der Waals surface area contributed by atoms with E-state index in [0.29, 0.717) is 11.8 Å². The molecule has 3 aromatic rings. The van der Waals surface area contributed by atoms with Crippen LogP contribution in [0.2, 0.25) is 0 Å². The van der Waals surface area contributed by atoms with Crippen molar-refractivity contribution >= 4 is 21.9 Å². The minimum atomic E-state index is 0.476. The van der Waals surface area contributed by atoms with Gasteiger partial charge in [-0.15, -0.1) is 0 Å². The first-order chi connectivity index (χ1) is 9.50. The molecule has 0 bridgehead atoms. The van der Waals surface area contributed by atoms with Crippen LogP contribution >= 0.6 is 0 Å². The highest BCUT2D eigenvalue weighted by Crippen LogP contribution is 2.37. The molecule has 0 amide bonds. The topological polar surface area (TPSA) is 13.1 Å². The number of aryl methyl sites for hydroxylation is 1. The fourth-order valence-electron chi connectivity index (χ4n) is 3.18. The van der Waals surface area contributed by atoms with Crippen molar-refractivity contribution in [1.29, 1.82) is 0 Å². The number of para-hydroxylation sites is 1. The Kier molecular flexibility index (Phi) is 3.08. The van der Waals surface area contributed by atoms with Crippen LogP contribution < -0.4 is 0 Å². The third-order valence-electron chi connectivity index (χ3n) is 4.24. The summed E-state index contributed by atoms with van der Waals surface area (Å²) in [4.78, 5) is 0. The van der Waals surface area contributed by atoms with Gasteiger partial charge in [-0.2, -0.15) is 0 Å². The Morgan fingerprint density at radius 2 is 1.55 bits per heavy atom. The third-order valence-corrected chi connectivity index (χ3v) is 4.24.